The summed E-state index contributed by atoms with van der Waals surface area (Å²) in [6, 6.07) is 0. The predicted molar refractivity (Wildman–Crippen MR) is 49.3 cm³/mol. The van der Waals surface area contributed by atoms with Gasteiger partial charge >= 0.3 is 0 Å². The van der Waals surface area contributed by atoms with Crippen molar-refractivity contribution >= 4 is 0 Å². The molecule has 0 radical (unpaired) electrons. The van der Waals surface area contributed by atoms with E-state index < -0.39 is 0 Å². The maximum absolute atomic E-state index is 4.08. The third-order valence-corrected chi connectivity index (χ3v) is 3.17. The molecule has 1 N–H and O–H groups in total. The monoisotopic (exact) mass is 153 g/mol. The molecular weight excluding hydrogens is 134 g/mol. The molecule has 0 aliphatic carbocycles. The van der Waals surface area contributed by atoms with Crippen LogP contribution in [0, 0.1) is 11.3 Å². The summed E-state index contributed by atoms with van der Waals surface area (Å²) in [5, 5.41) is 3.36. The van der Waals surface area contributed by atoms with Gasteiger partial charge < -0.3 is 5.32 Å². The Morgan fingerprint density at radius 1 is 1.55 bits per heavy atom. The largest absolute Gasteiger partial charge is 0.388 e. The van der Waals surface area contributed by atoms with Gasteiger partial charge in [-0.2, -0.15) is 0 Å². The standard InChI is InChI=1S/C10H19N/c1-8(2)10(4)6-5-7-11-9(10)3/h8,11H,3,5-7H2,1-2,4H3. The number of piperidine rings is 1. The van der Waals surface area contributed by atoms with Crippen LogP contribution < -0.4 is 5.32 Å². The molecule has 1 unspecified atom stereocenters. The van der Waals surface area contributed by atoms with Gasteiger partial charge in [0.05, 0.1) is 0 Å². The molecule has 0 bridgehead atoms. The van der Waals surface area contributed by atoms with Crippen molar-refractivity contribution in [2.24, 2.45) is 11.3 Å². The van der Waals surface area contributed by atoms with Crippen molar-refractivity contribution in [2.45, 2.75) is 33.6 Å². The normalized spacial score (nSPS) is 32.2. The average molecular weight is 153 g/mol. The number of allylic oxidation sites excluding steroid dienone is 1. The zero-order chi connectivity index (χ0) is 8.48. The van der Waals surface area contributed by atoms with Gasteiger partial charge in [0.2, 0.25) is 0 Å². The lowest BCUT2D eigenvalue weighted by atomic mass is 9.71. The minimum absolute atomic E-state index is 0.332. The molecule has 0 amide bonds. The van der Waals surface area contributed by atoms with Gasteiger partial charge in [0.25, 0.3) is 0 Å². The molecule has 0 aromatic heterocycles. The Balaban J connectivity index is 2.73. The van der Waals surface area contributed by atoms with E-state index in [-0.39, 0.29) is 0 Å². The highest BCUT2D eigenvalue weighted by Crippen LogP contribution is 2.39. The molecule has 0 aromatic carbocycles. The van der Waals surface area contributed by atoms with Crippen LogP contribution in [-0.4, -0.2) is 6.54 Å². The van der Waals surface area contributed by atoms with E-state index in [0.717, 1.165) is 6.54 Å². The van der Waals surface area contributed by atoms with E-state index in [1.807, 2.05) is 0 Å². The molecule has 0 aromatic rings. The summed E-state index contributed by atoms with van der Waals surface area (Å²) >= 11 is 0. The van der Waals surface area contributed by atoms with Gasteiger partial charge in [-0.3, -0.25) is 0 Å². The van der Waals surface area contributed by atoms with Crippen molar-refractivity contribution in [3.63, 3.8) is 0 Å². The van der Waals surface area contributed by atoms with E-state index in [0.29, 0.717) is 11.3 Å². The molecule has 1 saturated heterocycles. The van der Waals surface area contributed by atoms with Crippen LogP contribution in [0.2, 0.25) is 0 Å². The highest BCUT2D eigenvalue weighted by Gasteiger charge is 2.33. The molecule has 0 spiro atoms. The van der Waals surface area contributed by atoms with Gasteiger partial charge in [-0.15, -0.1) is 0 Å². The maximum atomic E-state index is 4.08. The van der Waals surface area contributed by atoms with Crippen molar-refractivity contribution < 1.29 is 0 Å². The average Bonchev–Trinajstić information content (AvgIpc) is 1.95. The third kappa shape index (κ3) is 1.42. The van der Waals surface area contributed by atoms with Gasteiger partial charge in [0, 0.05) is 17.7 Å². The molecule has 1 heteroatoms. The SMILES string of the molecule is C=C1NCCCC1(C)C(C)C. The molecule has 1 atom stereocenters. The lowest BCUT2D eigenvalue weighted by molar-refractivity contribution is 0.211. The topological polar surface area (TPSA) is 12.0 Å². The highest BCUT2D eigenvalue weighted by molar-refractivity contribution is 5.10. The van der Waals surface area contributed by atoms with E-state index in [2.05, 4.69) is 32.7 Å². The summed E-state index contributed by atoms with van der Waals surface area (Å²) in [5.74, 6) is 0.697. The lowest BCUT2D eigenvalue weighted by Gasteiger charge is -2.40. The van der Waals surface area contributed by atoms with E-state index >= 15 is 0 Å². The Morgan fingerprint density at radius 2 is 2.18 bits per heavy atom. The Morgan fingerprint density at radius 3 is 2.55 bits per heavy atom. The predicted octanol–water partition coefficient (Wildman–Crippen LogP) is 2.55. The summed E-state index contributed by atoms with van der Waals surface area (Å²) in [4.78, 5) is 0. The lowest BCUT2D eigenvalue weighted by Crippen LogP contribution is -2.38. The van der Waals surface area contributed by atoms with Crippen LogP contribution in [0.1, 0.15) is 33.6 Å². The molecule has 1 heterocycles. The Kier molecular flexibility index (Phi) is 2.26. The van der Waals surface area contributed by atoms with Gasteiger partial charge in [-0.25, -0.2) is 0 Å². The van der Waals surface area contributed by atoms with Gasteiger partial charge in [-0.1, -0.05) is 27.4 Å². The molecule has 1 fully saturated rings. The fourth-order valence-electron chi connectivity index (χ4n) is 1.68. The first kappa shape index (κ1) is 8.63. The molecular formula is C10H19N. The molecule has 64 valence electrons. The Bertz CT molecular complexity index is 160. The van der Waals surface area contributed by atoms with E-state index in [9.17, 15) is 0 Å². The zero-order valence-electron chi connectivity index (χ0n) is 7.91. The summed E-state index contributed by atoms with van der Waals surface area (Å²) in [5.41, 5.74) is 1.57. The first-order chi connectivity index (χ1) is 5.07. The van der Waals surface area contributed by atoms with Crippen LogP contribution in [0.15, 0.2) is 12.3 Å². The van der Waals surface area contributed by atoms with Crippen molar-refractivity contribution in [3.8, 4) is 0 Å². The van der Waals surface area contributed by atoms with Crippen LogP contribution in [0.4, 0.5) is 0 Å². The zero-order valence-corrected chi connectivity index (χ0v) is 7.91. The molecule has 1 rings (SSSR count). The van der Waals surface area contributed by atoms with Crippen LogP contribution in [-0.2, 0) is 0 Å². The second-order valence-corrected chi connectivity index (χ2v) is 4.08. The van der Waals surface area contributed by atoms with Crippen molar-refractivity contribution in [1.29, 1.82) is 0 Å². The summed E-state index contributed by atoms with van der Waals surface area (Å²) < 4.78 is 0. The van der Waals surface area contributed by atoms with Crippen molar-refractivity contribution in [2.75, 3.05) is 6.54 Å². The van der Waals surface area contributed by atoms with Gasteiger partial charge in [0.15, 0.2) is 0 Å². The summed E-state index contributed by atoms with van der Waals surface area (Å²) in [6.45, 7) is 12.1. The third-order valence-electron chi connectivity index (χ3n) is 3.17. The quantitative estimate of drug-likeness (QED) is 0.610. The number of hydrogen-bond acceptors (Lipinski definition) is 1. The first-order valence-electron chi connectivity index (χ1n) is 4.50. The minimum atomic E-state index is 0.332. The number of rotatable bonds is 1. The Labute approximate surface area is 69.9 Å². The van der Waals surface area contributed by atoms with Crippen molar-refractivity contribution in [1.82, 2.24) is 5.32 Å². The Hall–Kier alpha value is -0.460. The van der Waals surface area contributed by atoms with Crippen LogP contribution in [0.5, 0.6) is 0 Å². The molecule has 0 saturated carbocycles. The fraction of sp³-hybridized carbons (Fsp3) is 0.800. The van der Waals surface area contributed by atoms with Crippen LogP contribution in [0.3, 0.4) is 0 Å². The van der Waals surface area contributed by atoms with E-state index in [1.165, 1.54) is 18.5 Å². The number of nitrogens with one attached hydrogen (secondary N) is 1. The number of hydrogen-bond donors (Lipinski definition) is 1. The second-order valence-electron chi connectivity index (χ2n) is 4.08. The maximum Gasteiger partial charge on any atom is 0.0144 e. The molecule has 1 aliphatic heterocycles. The summed E-state index contributed by atoms with van der Waals surface area (Å²) in [7, 11) is 0. The fourth-order valence-corrected chi connectivity index (χ4v) is 1.68. The first-order valence-corrected chi connectivity index (χ1v) is 4.50. The summed E-state index contributed by atoms with van der Waals surface area (Å²) in [6.07, 6.45) is 2.57. The molecule has 1 aliphatic rings. The van der Waals surface area contributed by atoms with E-state index in [1.54, 1.807) is 0 Å². The highest BCUT2D eigenvalue weighted by atomic mass is 14.9. The smallest absolute Gasteiger partial charge is 0.0144 e. The minimum Gasteiger partial charge on any atom is -0.388 e. The van der Waals surface area contributed by atoms with Crippen LogP contribution >= 0.6 is 0 Å². The second kappa shape index (κ2) is 2.88. The molecule has 1 nitrogen and oxygen atoms in total. The van der Waals surface area contributed by atoms with Crippen molar-refractivity contribution in [3.05, 3.63) is 12.3 Å². The van der Waals surface area contributed by atoms with Gasteiger partial charge in [-0.05, 0) is 18.8 Å². The molecule has 11 heavy (non-hydrogen) atoms. The van der Waals surface area contributed by atoms with Crippen LogP contribution in [0.25, 0.3) is 0 Å². The van der Waals surface area contributed by atoms with Gasteiger partial charge in [0.1, 0.15) is 0 Å². The van der Waals surface area contributed by atoms with E-state index in [4.69, 9.17) is 0 Å².